The van der Waals surface area contributed by atoms with Crippen molar-refractivity contribution in [1.82, 2.24) is 0 Å². The molecule has 0 amide bonds. The maximum absolute atomic E-state index is 13.9. The van der Waals surface area contributed by atoms with E-state index in [9.17, 15) is 22.0 Å². The molecular weight excluding hydrogens is 419 g/mol. The van der Waals surface area contributed by atoms with E-state index in [0.717, 1.165) is 6.07 Å². The minimum Gasteiger partial charge on any atom is -0.206 e. The van der Waals surface area contributed by atoms with Crippen LogP contribution < -0.4 is 0 Å². The average molecular weight is 432 g/mol. The van der Waals surface area contributed by atoms with Gasteiger partial charge in [-0.1, -0.05) is 29.7 Å². The summed E-state index contributed by atoms with van der Waals surface area (Å²) in [6.07, 6.45) is 0. The van der Waals surface area contributed by atoms with Gasteiger partial charge in [-0.15, -0.1) is 0 Å². The molecule has 0 saturated heterocycles. The largest absolute Gasteiger partial charge is 0.206 e. The van der Waals surface area contributed by atoms with Crippen LogP contribution in [0, 0.1) is 59.7 Å². The molecule has 0 aromatic heterocycles. The minimum atomic E-state index is -1.51. The molecule has 0 unspecified atom stereocenters. The molecule has 0 nitrogen and oxygen atoms in total. The third kappa shape index (κ3) is 4.33. The number of fused-ring (bicyclic) bond motifs is 1. The molecule has 156 valence electrons. The lowest BCUT2D eigenvalue weighted by Crippen LogP contribution is -1.92. The second-order valence-corrected chi connectivity index (χ2v) is 7.10. The van der Waals surface area contributed by atoms with Crippen LogP contribution in [0.15, 0.2) is 60.7 Å². The average Bonchev–Trinajstić information content (AvgIpc) is 2.76. The van der Waals surface area contributed by atoms with Gasteiger partial charge in [-0.2, -0.15) is 0 Å². The lowest BCUT2D eigenvalue weighted by atomic mass is 10.1. The Morgan fingerprint density at radius 2 is 1.06 bits per heavy atom. The van der Waals surface area contributed by atoms with E-state index in [-0.39, 0.29) is 16.3 Å². The second-order valence-electron chi connectivity index (χ2n) is 7.10. The lowest BCUT2D eigenvalue weighted by molar-refractivity contribution is 0.453. The first-order chi connectivity index (χ1) is 15.3. The predicted molar refractivity (Wildman–Crippen MR) is 113 cm³/mol. The number of halogens is 5. The van der Waals surface area contributed by atoms with Crippen molar-refractivity contribution in [2.75, 3.05) is 0 Å². The fourth-order valence-electron chi connectivity index (χ4n) is 3.12. The zero-order chi connectivity index (χ0) is 22.8. The van der Waals surface area contributed by atoms with E-state index in [0.29, 0.717) is 22.3 Å². The smallest absolute Gasteiger partial charge is 0.195 e. The van der Waals surface area contributed by atoms with Crippen molar-refractivity contribution >= 4 is 10.8 Å². The van der Waals surface area contributed by atoms with E-state index < -0.39 is 29.1 Å². The molecule has 0 saturated carbocycles. The number of benzene rings is 4. The maximum atomic E-state index is 13.9. The topological polar surface area (TPSA) is 0 Å². The molecule has 0 radical (unpaired) electrons. The summed E-state index contributed by atoms with van der Waals surface area (Å²) in [4.78, 5) is 0. The molecule has 4 aromatic rings. The summed E-state index contributed by atoms with van der Waals surface area (Å²) >= 11 is 0. The van der Waals surface area contributed by atoms with Gasteiger partial charge in [0.2, 0.25) is 0 Å². The third-order valence-electron chi connectivity index (χ3n) is 4.73. The quantitative estimate of drug-likeness (QED) is 0.166. The van der Waals surface area contributed by atoms with Crippen molar-refractivity contribution in [3.8, 4) is 23.7 Å². The van der Waals surface area contributed by atoms with E-state index in [1.807, 2.05) is 0 Å². The summed E-state index contributed by atoms with van der Waals surface area (Å²) in [5.74, 6) is 5.59. The zero-order valence-corrected chi connectivity index (χ0v) is 16.7. The van der Waals surface area contributed by atoms with Gasteiger partial charge in [0, 0.05) is 22.1 Å². The highest BCUT2D eigenvalue weighted by Crippen LogP contribution is 2.24. The van der Waals surface area contributed by atoms with Crippen molar-refractivity contribution in [2.24, 2.45) is 0 Å². The molecule has 0 atom stereocenters. The Kier molecular flexibility index (Phi) is 5.67. The van der Waals surface area contributed by atoms with E-state index >= 15 is 0 Å². The summed E-state index contributed by atoms with van der Waals surface area (Å²) in [6, 6.07) is 14.4. The maximum Gasteiger partial charge on any atom is 0.195 e. The molecule has 0 bridgehead atoms. The van der Waals surface area contributed by atoms with Crippen LogP contribution in [0.2, 0.25) is 0 Å². The lowest BCUT2D eigenvalue weighted by Gasteiger charge is -2.02. The highest BCUT2D eigenvalue weighted by Gasteiger charge is 2.13. The van der Waals surface area contributed by atoms with Crippen LogP contribution in [0.5, 0.6) is 0 Å². The first-order valence-corrected chi connectivity index (χ1v) is 9.49. The van der Waals surface area contributed by atoms with Crippen molar-refractivity contribution in [2.45, 2.75) is 6.92 Å². The highest BCUT2D eigenvalue weighted by molar-refractivity contribution is 5.84. The number of hydrogen-bond acceptors (Lipinski definition) is 0. The van der Waals surface area contributed by atoms with Gasteiger partial charge in [0.25, 0.3) is 0 Å². The Morgan fingerprint density at radius 3 is 1.69 bits per heavy atom. The van der Waals surface area contributed by atoms with E-state index in [1.165, 1.54) is 30.3 Å². The van der Waals surface area contributed by atoms with Gasteiger partial charge in [-0.05, 0) is 72.5 Å². The molecule has 4 aromatic carbocycles. The van der Waals surface area contributed by atoms with Crippen LogP contribution in [0.1, 0.15) is 27.8 Å². The molecule has 32 heavy (non-hydrogen) atoms. The zero-order valence-electron chi connectivity index (χ0n) is 16.7. The Morgan fingerprint density at radius 1 is 0.531 bits per heavy atom. The first kappa shape index (κ1) is 21.2. The first-order valence-electron chi connectivity index (χ1n) is 9.49. The fraction of sp³-hybridized carbons (Fsp3) is 0.0370. The molecular formula is C27H13F5. The van der Waals surface area contributed by atoms with Gasteiger partial charge in [0.1, 0.15) is 11.6 Å². The van der Waals surface area contributed by atoms with E-state index in [1.54, 1.807) is 31.2 Å². The van der Waals surface area contributed by atoms with Gasteiger partial charge >= 0.3 is 0 Å². The molecule has 0 aliphatic heterocycles. The Balaban J connectivity index is 1.57. The molecule has 0 heterocycles. The summed E-state index contributed by atoms with van der Waals surface area (Å²) in [7, 11) is 0. The number of hydrogen-bond donors (Lipinski definition) is 0. The van der Waals surface area contributed by atoms with Gasteiger partial charge in [-0.3, -0.25) is 0 Å². The van der Waals surface area contributed by atoms with E-state index in [4.69, 9.17) is 0 Å². The predicted octanol–water partition coefficient (Wildman–Crippen LogP) is 6.64. The molecule has 0 aliphatic carbocycles. The summed E-state index contributed by atoms with van der Waals surface area (Å²) in [5.41, 5.74) is 1.87. The molecule has 0 spiro atoms. The SMILES string of the molecule is Cc1cc(F)c(C#Cc2ccc(C#Cc3ccc4c(F)c(F)c(F)cc4c3)cc2)c(F)c1. The number of aryl methyl sites for hydroxylation is 1. The fourth-order valence-corrected chi connectivity index (χ4v) is 3.12. The van der Waals surface area contributed by atoms with E-state index in [2.05, 4.69) is 23.7 Å². The number of rotatable bonds is 0. The molecule has 0 fully saturated rings. The summed E-state index contributed by atoms with van der Waals surface area (Å²) in [6.45, 7) is 1.59. The second kappa shape index (κ2) is 8.57. The third-order valence-corrected chi connectivity index (χ3v) is 4.73. The molecule has 0 aliphatic rings. The van der Waals surface area contributed by atoms with Crippen molar-refractivity contribution in [3.05, 3.63) is 118 Å². The molecule has 4 rings (SSSR count). The summed E-state index contributed by atoms with van der Waals surface area (Å²) < 4.78 is 68.4. The van der Waals surface area contributed by atoms with Crippen LogP contribution in [-0.2, 0) is 0 Å². The van der Waals surface area contributed by atoms with Gasteiger partial charge < -0.3 is 0 Å². The van der Waals surface area contributed by atoms with Crippen LogP contribution in [0.3, 0.4) is 0 Å². The van der Waals surface area contributed by atoms with Crippen molar-refractivity contribution < 1.29 is 22.0 Å². The van der Waals surface area contributed by atoms with Crippen LogP contribution in [-0.4, -0.2) is 0 Å². The molecule has 5 heteroatoms. The van der Waals surface area contributed by atoms with Crippen LogP contribution >= 0.6 is 0 Å². The van der Waals surface area contributed by atoms with Crippen molar-refractivity contribution in [3.63, 3.8) is 0 Å². The molecule has 0 N–H and O–H groups in total. The minimum absolute atomic E-state index is 0.0289. The van der Waals surface area contributed by atoms with Gasteiger partial charge in [0.15, 0.2) is 17.5 Å². The Bertz CT molecular complexity index is 1450. The standard InChI is InChI=1S/C27H13F5/c1-16-12-23(28)22(24(29)13-16)11-8-18-4-2-17(3-5-18)6-7-19-9-10-21-20(14-19)15-25(30)27(32)26(21)31/h2-5,9-10,12-15H,1H3. The normalized spacial score (nSPS) is 10.3. The van der Waals surface area contributed by atoms with Gasteiger partial charge in [0.05, 0.1) is 5.56 Å². The highest BCUT2D eigenvalue weighted by atomic mass is 19.2. The van der Waals surface area contributed by atoms with Crippen LogP contribution in [0.4, 0.5) is 22.0 Å². The Labute approximate surface area is 181 Å². The van der Waals surface area contributed by atoms with Crippen LogP contribution in [0.25, 0.3) is 10.8 Å². The summed E-state index contributed by atoms with van der Waals surface area (Å²) in [5, 5.41) is 0.174. The van der Waals surface area contributed by atoms with Crippen molar-refractivity contribution in [1.29, 1.82) is 0 Å². The van der Waals surface area contributed by atoms with Gasteiger partial charge in [-0.25, -0.2) is 22.0 Å². The monoisotopic (exact) mass is 432 g/mol. The Hall–Kier alpha value is -4.09.